The van der Waals surface area contributed by atoms with Gasteiger partial charge in [-0.2, -0.15) is 0 Å². The number of hydrogen-bond donors (Lipinski definition) is 0. The second kappa shape index (κ2) is 3.02. The Morgan fingerprint density at radius 1 is 0.929 bits per heavy atom. The average Bonchev–Trinajstić information content (AvgIpc) is 2.87. The minimum Gasteiger partial charge on any atom is -0.469 e. The van der Waals surface area contributed by atoms with Crippen LogP contribution in [0.1, 0.15) is 29.6 Å². The summed E-state index contributed by atoms with van der Waals surface area (Å²) in [5.74, 6) is 2.44. The van der Waals surface area contributed by atoms with Gasteiger partial charge in [-0.3, -0.25) is 0 Å². The van der Waals surface area contributed by atoms with E-state index in [0.29, 0.717) is 11.8 Å². The maximum Gasteiger partial charge on any atom is 0.107 e. The van der Waals surface area contributed by atoms with E-state index in [-0.39, 0.29) is 0 Å². The van der Waals surface area contributed by atoms with E-state index in [0.717, 1.165) is 5.76 Å². The molecule has 70 valence electrons. The van der Waals surface area contributed by atoms with Crippen LogP contribution in [0.3, 0.4) is 0 Å². The zero-order valence-electron chi connectivity index (χ0n) is 7.89. The molecule has 0 N–H and O–H groups in total. The predicted octanol–water partition coefficient (Wildman–Crippen LogP) is 3.55. The molecule has 1 nitrogen and oxygen atoms in total. The SMILES string of the molecule is c1ccc([C@H]2C[C@H]2c2ccco2)cc1. The maximum atomic E-state index is 5.41. The molecule has 1 aromatic heterocycles. The molecule has 1 aliphatic carbocycles. The first-order chi connectivity index (χ1) is 6.95. The molecule has 1 aliphatic rings. The average molecular weight is 184 g/mol. The van der Waals surface area contributed by atoms with Crippen LogP contribution in [-0.2, 0) is 0 Å². The van der Waals surface area contributed by atoms with Gasteiger partial charge >= 0.3 is 0 Å². The highest BCUT2D eigenvalue weighted by molar-refractivity contribution is 5.32. The van der Waals surface area contributed by atoms with Crippen molar-refractivity contribution in [2.45, 2.75) is 18.3 Å². The number of benzene rings is 1. The molecule has 1 fully saturated rings. The van der Waals surface area contributed by atoms with Gasteiger partial charge in [0.25, 0.3) is 0 Å². The smallest absolute Gasteiger partial charge is 0.107 e. The molecule has 0 aliphatic heterocycles. The fourth-order valence-corrected chi connectivity index (χ4v) is 2.08. The molecule has 0 radical (unpaired) electrons. The molecule has 1 heteroatoms. The summed E-state index contributed by atoms with van der Waals surface area (Å²) >= 11 is 0. The third kappa shape index (κ3) is 1.25. The molecule has 14 heavy (non-hydrogen) atoms. The van der Waals surface area contributed by atoms with Crippen molar-refractivity contribution in [1.82, 2.24) is 0 Å². The lowest BCUT2D eigenvalue weighted by Crippen LogP contribution is -1.80. The van der Waals surface area contributed by atoms with Crippen molar-refractivity contribution in [2.24, 2.45) is 0 Å². The van der Waals surface area contributed by atoms with Crippen LogP contribution in [-0.4, -0.2) is 0 Å². The summed E-state index contributed by atoms with van der Waals surface area (Å²) in [6.07, 6.45) is 2.99. The van der Waals surface area contributed by atoms with Gasteiger partial charge in [-0.15, -0.1) is 0 Å². The van der Waals surface area contributed by atoms with E-state index in [2.05, 4.69) is 36.4 Å². The number of rotatable bonds is 2. The number of hydrogen-bond acceptors (Lipinski definition) is 1. The molecular formula is C13H12O. The van der Waals surface area contributed by atoms with Crippen LogP contribution >= 0.6 is 0 Å². The molecule has 1 saturated carbocycles. The van der Waals surface area contributed by atoms with E-state index in [1.165, 1.54) is 12.0 Å². The molecule has 3 rings (SSSR count). The highest BCUT2D eigenvalue weighted by atomic mass is 16.3. The van der Waals surface area contributed by atoms with Crippen molar-refractivity contribution >= 4 is 0 Å². The van der Waals surface area contributed by atoms with E-state index in [9.17, 15) is 0 Å². The highest BCUT2D eigenvalue weighted by Gasteiger charge is 2.41. The quantitative estimate of drug-likeness (QED) is 0.695. The number of furan rings is 1. The van der Waals surface area contributed by atoms with E-state index in [1.54, 1.807) is 6.26 Å². The van der Waals surface area contributed by atoms with E-state index in [1.807, 2.05) is 6.07 Å². The fraction of sp³-hybridized carbons (Fsp3) is 0.231. The first kappa shape index (κ1) is 7.86. The van der Waals surface area contributed by atoms with Crippen LogP contribution in [0.5, 0.6) is 0 Å². The van der Waals surface area contributed by atoms with Gasteiger partial charge < -0.3 is 4.42 Å². The van der Waals surface area contributed by atoms with Crippen LogP contribution in [0.2, 0.25) is 0 Å². The van der Waals surface area contributed by atoms with Crippen molar-refractivity contribution in [3.63, 3.8) is 0 Å². The van der Waals surface area contributed by atoms with Gasteiger partial charge in [0.05, 0.1) is 6.26 Å². The summed E-state index contributed by atoms with van der Waals surface area (Å²) in [6.45, 7) is 0. The Bertz CT molecular complexity index is 402. The monoisotopic (exact) mass is 184 g/mol. The molecule has 1 heterocycles. The molecule has 2 aromatic rings. The van der Waals surface area contributed by atoms with Crippen LogP contribution in [0.25, 0.3) is 0 Å². The minimum absolute atomic E-state index is 0.618. The standard InChI is InChI=1S/C13H12O/c1-2-5-10(6-3-1)11-9-12(11)13-7-4-8-14-13/h1-8,11-12H,9H2/t11-,12-/m1/s1. The van der Waals surface area contributed by atoms with Crippen molar-refractivity contribution in [1.29, 1.82) is 0 Å². The van der Waals surface area contributed by atoms with Crippen LogP contribution < -0.4 is 0 Å². The van der Waals surface area contributed by atoms with Gasteiger partial charge in [-0.25, -0.2) is 0 Å². The zero-order valence-corrected chi connectivity index (χ0v) is 7.89. The molecule has 1 aromatic carbocycles. The first-order valence-electron chi connectivity index (χ1n) is 5.03. The molecule has 2 atom stereocenters. The molecule has 0 amide bonds. The predicted molar refractivity (Wildman–Crippen MR) is 55.2 cm³/mol. The summed E-state index contributed by atoms with van der Waals surface area (Å²) in [5, 5.41) is 0. The van der Waals surface area contributed by atoms with Crippen molar-refractivity contribution in [3.05, 3.63) is 60.1 Å². The third-order valence-electron chi connectivity index (χ3n) is 2.93. The molecule has 0 bridgehead atoms. The normalized spacial score (nSPS) is 24.9. The summed E-state index contributed by atoms with van der Waals surface area (Å²) in [4.78, 5) is 0. The Balaban J connectivity index is 1.81. The Hall–Kier alpha value is -1.50. The molecule has 0 spiro atoms. The van der Waals surface area contributed by atoms with Crippen LogP contribution in [0.15, 0.2) is 53.1 Å². The highest BCUT2D eigenvalue weighted by Crippen LogP contribution is 2.54. The Morgan fingerprint density at radius 3 is 2.50 bits per heavy atom. The lowest BCUT2D eigenvalue weighted by molar-refractivity contribution is 0.509. The second-order valence-corrected chi connectivity index (χ2v) is 3.87. The topological polar surface area (TPSA) is 13.1 Å². The lowest BCUT2D eigenvalue weighted by Gasteiger charge is -1.97. The molecule has 0 unspecified atom stereocenters. The lowest BCUT2D eigenvalue weighted by atomic mass is 10.1. The van der Waals surface area contributed by atoms with Gasteiger partial charge in [0.15, 0.2) is 0 Å². The molecule has 0 saturated heterocycles. The van der Waals surface area contributed by atoms with Crippen LogP contribution in [0, 0.1) is 0 Å². The first-order valence-corrected chi connectivity index (χ1v) is 5.03. The summed E-state index contributed by atoms with van der Waals surface area (Å²) in [7, 11) is 0. The minimum atomic E-state index is 0.618. The summed E-state index contributed by atoms with van der Waals surface area (Å²) in [5.41, 5.74) is 1.44. The van der Waals surface area contributed by atoms with E-state index < -0.39 is 0 Å². The van der Waals surface area contributed by atoms with Crippen LogP contribution in [0.4, 0.5) is 0 Å². The third-order valence-corrected chi connectivity index (χ3v) is 2.93. The van der Waals surface area contributed by atoms with Gasteiger partial charge in [-0.05, 0) is 30.0 Å². The van der Waals surface area contributed by atoms with Crippen molar-refractivity contribution in [2.75, 3.05) is 0 Å². The van der Waals surface area contributed by atoms with Crippen molar-refractivity contribution in [3.8, 4) is 0 Å². The molecular weight excluding hydrogens is 172 g/mol. The van der Waals surface area contributed by atoms with Gasteiger partial charge in [0.1, 0.15) is 5.76 Å². The zero-order chi connectivity index (χ0) is 9.38. The van der Waals surface area contributed by atoms with Gasteiger partial charge in [0.2, 0.25) is 0 Å². The van der Waals surface area contributed by atoms with E-state index >= 15 is 0 Å². The van der Waals surface area contributed by atoms with E-state index in [4.69, 9.17) is 4.42 Å². The summed E-state index contributed by atoms with van der Waals surface area (Å²) in [6, 6.07) is 14.7. The van der Waals surface area contributed by atoms with Gasteiger partial charge in [-0.1, -0.05) is 30.3 Å². The Morgan fingerprint density at radius 2 is 1.79 bits per heavy atom. The Labute approximate surface area is 83.4 Å². The summed E-state index contributed by atoms with van der Waals surface area (Å²) < 4.78 is 5.41. The van der Waals surface area contributed by atoms with Gasteiger partial charge in [0, 0.05) is 5.92 Å². The van der Waals surface area contributed by atoms with Crippen molar-refractivity contribution < 1.29 is 4.42 Å². The Kier molecular flexibility index (Phi) is 1.69. The fourth-order valence-electron chi connectivity index (χ4n) is 2.08. The largest absolute Gasteiger partial charge is 0.469 e. The maximum absolute atomic E-state index is 5.41. The second-order valence-electron chi connectivity index (χ2n) is 3.87.